The van der Waals surface area contributed by atoms with Crippen LogP contribution in [0.1, 0.15) is 43.7 Å². The average molecular weight is 340 g/mol. The number of rotatable bonds is 5. The van der Waals surface area contributed by atoms with Crippen LogP contribution in [0.5, 0.6) is 0 Å². The van der Waals surface area contributed by atoms with Crippen LogP contribution >= 0.6 is 0 Å². The van der Waals surface area contributed by atoms with Gasteiger partial charge in [0.25, 0.3) is 0 Å². The van der Waals surface area contributed by atoms with E-state index in [0.717, 1.165) is 43.4 Å². The fourth-order valence-corrected chi connectivity index (χ4v) is 3.53. The van der Waals surface area contributed by atoms with Gasteiger partial charge in [-0.1, -0.05) is 56.2 Å². The number of anilines is 1. The molecule has 0 bridgehead atoms. The summed E-state index contributed by atoms with van der Waals surface area (Å²) in [6, 6.07) is 14.6. The van der Waals surface area contributed by atoms with Gasteiger partial charge in [0.2, 0.25) is 0 Å². The maximum absolute atomic E-state index is 14.1. The zero-order chi connectivity index (χ0) is 17.6. The van der Waals surface area contributed by atoms with Crippen LogP contribution < -0.4 is 5.32 Å². The molecule has 0 aromatic heterocycles. The fourth-order valence-electron chi connectivity index (χ4n) is 3.53. The van der Waals surface area contributed by atoms with Crippen molar-refractivity contribution in [3.05, 3.63) is 65.5 Å². The van der Waals surface area contributed by atoms with Crippen LogP contribution in [0, 0.1) is 5.82 Å². The first kappa shape index (κ1) is 17.5. The molecule has 0 spiro atoms. The van der Waals surface area contributed by atoms with Gasteiger partial charge in [-0.25, -0.2) is 9.18 Å². The van der Waals surface area contributed by atoms with Gasteiger partial charge in [0.05, 0.1) is 6.54 Å². The molecular formula is C21H25FN2O. The molecule has 3 rings (SSSR count). The zero-order valence-electron chi connectivity index (χ0n) is 14.7. The van der Waals surface area contributed by atoms with E-state index in [-0.39, 0.29) is 17.9 Å². The fraction of sp³-hybridized carbons (Fsp3) is 0.381. The highest BCUT2D eigenvalue weighted by molar-refractivity contribution is 5.90. The molecule has 1 N–H and O–H groups in total. The number of urea groups is 1. The van der Waals surface area contributed by atoms with Crippen LogP contribution in [-0.2, 0) is 13.0 Å². The third-order valence-corrected chi connectivity index (χ3v) is 4.96. The van der Waals surface area contributed by atoms with Gasteiger partial charge in [0, 0.05) is 17.3 Å². The molecule has 0 heterocycles. The van der Waals surface area contributed by atoms with Crippen LogP contribution in [0.15, 0.2) is 48.5 Å². The molecule has 2 aromatic rings. The molecule has 1 aliphatic rings. The summed E-state index contributed by atoms with van der Waals surface area (Å²) in [5, 5.41) is 3.04. The first-order chi connectivity index (χ1) is 12.2. The number of nitrogens with one attached hydrogen (secondary N) is 1. The number of halogens is 1. The molecule has 1 fully saturated rings. The summed E-state index contributed by atoms with van der Waals surface area (Å²) in [5.41, 5.74) is 2.51. The lowest BCUT2D eigenvalue weighted by atomic mass is 10.1. The average Bonchev–Trinajstić information content (AvgIpc) is 3.15. The molecular weight excluding hydrogens is 315 g/mol. The molecule has 0 radical (unpaired) electrons. The number of benzene rings is 2. The van der Waals surface area contributed by atoms with E-state index < -0.39 is 0 Å². The quantitative estimate of drug-likeness (QED) is 0.780. The van der Waals surface area contributed by atoms with Crippen LogP contribution in [0.2, 0.25) is 0 Å². The van der Waals surface area contributed by atoms with Crippen molar-refractivity contribution in [2.45, 2.75) is 51.6 Å². The predicted molar refractivity (Wildman–Crippen MR) is 99.0 cm³/mol. The van der Waals surface area contributed by atoms with E-state index in [1.165, 1.54) is 6.07 Å². The second-order valence-corrected chi connectivity index (χ2v) is 6.60. The highest BCUT2D eigenvalue weighted by atomic mass is 19.1. The normalized spacial score (nSPS) is 14.5. The number of hydrogen-bond donors (Lipinski definition) is 1. The van der Waals surface area contributed by atoms with Crippen molar-refractivity contribution in [2.75, 3.05) is 5.32 Å². The maximum Gasteiger partial charge on any atom is 0.322 e. The Labute approximate surface area is 148 Å². The summed E-state index contributed by atoms with van der Waals surface area (Å²) in [6.45, 7) is 2.37. The Morgan fingerprint density at radius 3 is 2.40 bits per heavy atom. The minimum atomic E-state index is -0.257. The van der Waals surface area contributed by atoms with Crippen molar-refractivity contribution < 1.29 is 9.18 Å². The van der Waals surface area contributed by atoms with E-state index in [2.05, 4.69) is 12.2 Å². The van der Waals surface area contributed by atoms with E-state index in [1.54, 1.807) is 17.0 Å². The number of aryl methyl sites for hydroxylation is 1. The molecule has 0 atom stereocenters. The molecule has 2 aromatic carbocycles. The molecule has 1 aliphatic carbocycles. The molecule has 0 unspecified atom stereocenters. The summed E-state index contributed by atoms with van der Waals surface area (Å²) < 4.78 is 14.1. The molecule has 1 saturated carbocycles. The standard InChI is InChI=1S/C21H25FN2O/c1-2-16-9-4-8-14-20(16)23-21(25)24(18-11-5-6-12-18)15-17-10-3-7-13-19(17)22/h3-4,7-10,13-14,18H,2,5-6,11-12,15H2,1H3,(H,23,25). The van der Waals surface area contributed by atoms with Gasteiger partial charge < -0.3 is 10.2 Å². The highest BCUT2D eigenvalue weighted by Crippen LogP contribution is 2.27. The first-order valence-electron chi connectivity index (χ1n) is 9.08. The van der Waals surface area contributed by atoms with E-state index in [1.807, 2.05) is 30.3 Å². The molecule has 3 nitrogen and oxygen atoms in total. The minimum Gasteiger partial charge on any atom is -0.317 e. The molecule has 0 saturated heterocycles. The van der Waals surface area contributed by atoms with E-state index in [0.29, 0.717) is 12.1 Å². The minimum absolute atomic E-state index is 0.143. The van der Waals surface area contributed by atoms with Crippen LogP contribution in [-0.4, -0.2) is 17.0 Å². The second-order valence-electron chi connectivity index (χ2n) is 6.60. The van der Waals surface area contributed by atoms with Crippen molar-refractivity contribution in [3.8, 4) is 0 Å². The summed E-state index contributed by atoms with van der Waals surface area (Å²) in [6.07, 6.45) is 5.07. The number of carbonyl (C=O) groups is 1. The summed E-state index contributed by atoms with van der Waals surface area (Å²) in [4.78, 5) is 14.8. The van der Waals surface area contributed by atoms with Gasteiger partial charge in [0.15, 0.2) is 0 Å². The van der Waals surface area contributed by atoms with Crippen molar-refractivity contribution in [1.29, 1.82) is 0 Å². The van der Waals surface area contributed by atoms with Gasteiger partial charge in [-0.3, -0.25) is 0 Å². The molecule has 132 valence electrons. The topological polar surface area (TPSA) is 32.3 Å². The van der Waals surface area contributed by atoms with E-state index in [4.69, 9.17) is 0 Å². The molecule has 25 heavy (non-hydrogen) atoms. The Morgan fingerprint density at radius 1 is 1.08 bits per heavy atom. The monoisotopic (exact) mass is 340 g/mol. The first-order valence-corrected chi connectivity index (χ1v) is 9.08. The van der Waals surface area contributed by atoms with Crippen molar-refractivity contribution in [3.63, 3.8) is 0 Å². The van der Waals surface area contributed by atoms with Crippen molar-refractivity contribution in [2.24, 2.45) is 0 Å². The summed E-state index contributed by atoms with van der Waals surface area (Å²) in [5.74, 6) is -0.257. The third-order valence-electron chi connectivity index (χ3n) is 4.96. The lowest BCUT2D eigenvalue weighted by molar-refractivity contribution is 0.183. The number of amides is 2. The lowest BCUT2D eigenvalue weighted by Gasteiger charge is -2.29. The van der Waals surface area contributed by atoms with Gasteiger partial charge in [-0.05, 0) is 37.0 Å². The van der Waals surface area contributed by atoms with Gasteiger partial charge in [0.1, 0.15) is 5.82 Å². The van der Waals surface area contributed by atoms with Gasteiger partial charge >= 0.3 is 6.03 Å². The molecule has 4 heteroatoms. The third kappa shape index (κ3) is 4.19. The summed E-state index contributed by atoms with van der Waals surface area (Å²) >= 11 is 0. The Balaban J connectivity index is 1.81. The Morgan fingerprint density at radius 2 is 1.72 bits per heavy atom. The highest BCUT2D eigenvalue weighted by Gasteiger charge is 2.27. The number of carbonyl (C=O) groups excluding carboxylic acids is 1. The van der Waals surface area contributed by atoms with Gasteiger partial charge in [-0.2, -0.15) is 0 Å². The van der Waals surface area contributed by atoms with Crippen LogP contribution in [0.25, 0.3) is 0 Å². The Kier molecular flexibility index (Phi) is 5.69. The lowest BCUT2D eigenvalue weighted by Crippen LogP contribution is -2.41. The predicted octanol–water partition coefficient (Wildman–Crippen LogP) is 5.36. The molecule has 2 amide bonds. The summed E-state index contributed by atoms with van der Waals surface area (Å²) in [7, 11) is 0. The number of nitrogens with zero attached hydrogens (tertiary/aromatic N) is 1. The Hall–Kier alpha value is -2.36. The SMILES string of the molecule is CCc1ccccc1NC(=O)N(Cc1ccccc1F)C1CCCC1. The van der Waals surface area contributed by atoms with Gasteiger partial charge in [-0.15, -0.1) is 0 Å². The van der Waals surface area contributed by atoms with E-state index in [9.17, 15) is 9.18 Å². The van der Waals surface area contributed by atoms with Crippen molar-refractivity contribution in [1.82, 2.24) is 4.90 Å². The smallest absolute Gasteiger partial charge is 0.317 e. The van der Waals surface area contributed by atoms with Crippen LogP contribution in [0.3, 0.4) is 0 Å². The zero-order valence-corrected chi connectivity index (χ0v) is 14.7. The van der Waals surface area contributed by atoms with E-state index >= 15 is 0 Å². The van der Waals surface area contributed by atoms with Crippen molar-refractivity contribution >= 4 is 11.7 Å². The van der Waals surface area contributed by atoms with Crippen LogP contribution in [0.4, 0.5) is 14.9 Å². The largest absolute Gasteiger partial charge is 0.322 e. The number of hydrogen-bond acceptors (Lipinski definition) is 1. The second kappa shape index (κ2) is 8.15. The molecule has 0 aliphatic heterocycles. The number of para-hydroxylation sites is 1. The maximum atomic E-state index is 14.1. The Bertz CT molecular complexity index is 725.